The molecule has 1 aromatic heterocycles. The quantitative estimate of drug-likeness (QED) is 0.498. The summed E-state index contributed by atoms with van der Waals surface area (Å²) >= 11 is 1.44. The summed E-state index contributed by atoms with van der Waals surface area (Å²) in [5.41, 5.74) is 2.29. The van der Waals surface area contributed by atoms with E-state index in [-0.39, 0.29) is 23.3 Å². The number of rotatable bonds is 8. The van der Waals surface area contributed by atoms with Gasteiger partial charge in [-0.05, 0) is 49.1 Å². The first kappa shape index (κ1) is 23.1. The van der Waals surface area contributed by atoms with Gasteiger partial charge in [-0.25, -0.2) is 18.1 Å². The predicted molar refractivity (Wildman–Crippen MR) is 124 cm³/mol. The number of sulfonamides is 1. The van der Waals surface area contributed by atoms with E-state index in [9.17, 15) is 13.2 Å². The normalized spacial score (nSPS) is 11.6. The van der Waals surface area contributed by atoms with Crippen molar-refractivity contribution >= 4 is 33.4 Å². The largest absolute Gasteiger partial charge is 0.325 e. The lowest BCUT2D eigenvalue weighted by Gasteiger charge is -2.14. The van der Waals surface area contributed by atoms with Crippen LogP contribution in [0.1, 0.15) is 25.2 Å². The number of aryl methyl sites for hydroxylation is 1. The van der Waals surface area contributed by atoms with E-state index in [1.54, 1.807) is 32.2 Å². The second-order valence-corrected chi connectivity index (χ2v) is 9.96. The smallest absolute Gasteiger partial charge is 0.240 e. The summed E-state index contributed by atoms with van der Waals surface area (Å²) in [6.07, 6.45) is 5.49. The predicted octanol–water partition coefficient (Wildman–Crippen LogP) is 3.98. The summed E-state index contributed by atoms with van der Waals surface area (Å²) in [5, 5.41) is 2.81. The van der Waals surface area contributed by atoms with Crippen molar-refractivity contribution in [2.75, 3.05) is 11.6 Å². The number of amides is 1. The molecule has 0 aliphatic carbocycles. The Kier molecular flexibility index (Phi) is 7.19. The zero-order valence-corrected chi connectivity index (χ0v) is 19.5. The van der Waals surface area contributed by atoms with Gasteiger partial charge in [0.1, 0.15) is 5.82 Å². The molecule has 0 radical (unpaired) electrons. The van der Waals surface area contributed by atoms with E-state index in [1.165, 1.54) is 17.8 Å². The molecule has 0 saturated heterocycles. The zero-order valence-electron chi connectivity index (χ0n) is 17.9. The minimum Gasteiger partial charge on any atom is -0.325 e. The Bertz CT molecular complexity index is 1170. The molecule has 2 aromatic carbocycles. The standard InChI is InChI=1S/C22H26N4O3S2/c1-15(2)22(27)25-20-13-19(9-10-21(20)30-4)31(28,29)24-14-17-5-7-18(8-6-17)26-12-11-23-16(26)3/h5-13,15,24H,14H2,1-4H3,(H,25,27). The lowest BCUT2D eigenvalue weighted by atomic mass is 10.2. The molecule has 0 spiro atoms. The number of hydrogen-bond acceptors (Lipinski definition) is 5. The van der Waals surface area contributed by atoms with Gasteiger partial charge < -0.3 is 9.88 Å². The molecule has 31 heavy (non-hydrogen) atoms. The molecule has 7 nitrogen and oxygen atoms in total. The van der Waals surface area contributed by atoms with E-state index in [1.807, 2.05) is 48.2 Å². The summed E-state index contributed by atoms with van der Waals surface area (Å²) in [5.74, 6) is 0.510. The van der Waals surface area contributed by atoms with Crippen LogP contribution in [-0.2, 0) is 21.4 Å². The molecule has 0 bridgehead atoms. The molecule has 9 heteroatoms. The lowest BCUT2D eigenvalue weighted by molar-refractivity contribution is -0.118. The fourth-order valence-electron chi connectivity index (χ4n) is 2.92. The van der Waals surface area contributed by atoms with Crippen LogP contribution >= 0.6 is 11.8 Å². The molecule has 2 N–H and O–H groups in total. The maximum atomic E-state index is 12.8. The number of aromatic nitrogens is 2. The van der Waals surface area contributed by atoms with Crippen molar-refractivity contribution in [1.82, 2.24) is 14.3 Å². The van der Waals surface area contributed by atoms with Crippen molar-refractivity contribution in [2.45, 2.75) is 37.1 Å². The Hall–Kier alpha value is -2.62. The Labute approximate surface area is 187 Å². The average Bonchev–Trinajstić information content (AvgIpc) is 3.18. The number of anilines is 1. The van der Waals surface area contributed by atoms with Crippen molar-refractivity contribution < 1.29 is 13.2 Å². The molecule has 1 amide bonds. The van der Waals surface area contributed by atoms with Crippen molar-refractivity contribution in [3.8, 4) is 5.69 Å². The van der Waals surface area contributed by atoms with Crippen molar-refractivity contribution in [1.29, 1.82) is 0 Å². The van der Waals surface area contributed by atoms with Gasteiger partial charge in [0.2, 0.25) is 15.9 Å². The first-order valence-electron chi connectivity index (χ1n) is 9.79. The van der Waals surface area contributed by atoms with E-state index >= 15 is 0 Å². The van der Waals surface area contributed by atoms with Crippen molar-refractivity contribution in [3.63, 3.8) is 0 Å². The second-order valence-electron chi connectivity index (χ2n) is 7.34. The number of nitrogens with zero attached hydrogens (tertiary/aromatic N) is 2. The first-order chi connectivity index (χ1) is 14.7. The van der Waals surface area contributed by atoms with Crippen LogP contribution in [0, 0.1) is 12.8 Å². The number of nitrogens with one attached hydrogen (secondary N) is 2. The van der Waals surface area contributed by atoms with E-state index in [4.69, 9.17) is 0 Å². The average molecular weight is 459 g/mol. The van der Waals surface area contributed by atoms with Gasteiger partial charge in [-0.2, -0.15) is 0 Å². The SMILES string of the molecule is CSc1ccc(S(=O)(=O)NCc2ccc(-n3ccnc3C)cc2)cc1NC(=O)C(C)C. The third-order valence-corrected chi connectivity index (χ3v) is 6.96. The Balaban J connectivity index is 1.74. The van der Waals surface area contributed by atoms with Gasteiger partial charge in [-0.3, -0.25) is 4.79 Å². The molecule has 1 heterocycles. The van der Waals surface area contributed by atoms with Crippen molar-refractivity contribution in [2.24, 2.45) is 5.92 Å². The zero-order chi connectivity index (χ0) is 22.6. The third kappa shape index (κ3) is 5.55. The highest BCUT2D eigenvalue weighted by Gasteiger charge is 2.18. The highest BCUT2D eigenvalue weighted by atomic mass is 32.2. The van der Waals surface area contributed by atoms with Crippen LogP contribution in [0.3, 0.4) is 0 Å². The van der Waals surface area contributed by atoms with Gasteiger partial charge in [0.15, 0.2) is 0 Å². The molecule has 0 unspecified atom stereocenters. The summed E-state index contributed by atoms with van der Waals surface area (Å²) in [7, 11) is -3.75. The fraction of sp³-hybridized carbons (Fsp3) is 0.273. The van der Waals surface area contributed by atoms with E-state index < -0.39 is 10.0 Å². The molecule has 0 saturated carbocycles. The number of hydrogen-bond donors (Lipinski definition) is 2. The minimum atomic E-state index is -3.75. The van der Waals surface area contributed by atoms with E-state index in [2.05, 4.69) is 15.0 Å². The third-order valence-electron chi connectivity index (χ3n) is 4.77. The van der Waals surface area contributed by atoms with Crippen LogP contribution in [0.15, 0.2) is 64.6 Å². The van der Waals surface area contributed by atoms with Gasteiger partial charge in [-0.15, -0.1) is 11.8 Å². The minimum absolute atomic E-state index is 0.106. The topological polar surface area (TPSA) is 93.1 Å². The van der Waals surface area contributed by atoms with Gasteiger partial charge in [0, 0.05) is 35.4 Å². The van der Waals surface area contributed by atoms with Crippen LogP contribution in [0.5, 0.6) is 0 Å². The van der Waals surface area contributed by atoms with E-state index in [0.29, 0.717) is 5.69 Å². The lowest BCUT2D eigenvalue weighted by Crippen LogP contribution is -2.24. The Morgan fingerprint density at radius 2 is 1.87 bits per heavy atom. The fourth-order valence-corrected chi connectivity index (χ4v) is 4.49. The molecule has 0 aliphatic heterocycles. The first-order valence-corrected chi connectivity index (χ1v) is 12.5. The summed E-state index contributed by atoms with van der Waals surface area (Å²) in [4.78, 5) is 17.2. The van der Waals surface area contributed by atoms with Gasteiger partial charge in [0.25, 0.3) is 0 Å². The Morgan fingerprint density at radius 3 is 2.45 bits per heavy atom. The number of carbonyl (C=O) groups excluding carboxylic acids is 1. The molecule has 0 atom stereocenters. The number of imidazole rings is 1. The second kappa shape index (κ2) is 9.67. The van der Waals surface area contributed by atoms with Crippen LogP contribution in [0.4, 0.5) is 5.69 Å². The molecule has 3 rings (SSSR count). The van der Waals surface area contributed by atoms with Crippen LogP contribution in [0.25, 0.3) is 5.69 Å². The molecule has 0 fully saturated rings. The van der Waals surface area contributed by atoms with Crippen molar-refractivity contribution in [3.05, 3.63) is 66.2 Å². The summed E-state index contributed by atoms with van der Waals surface area (Å²) in [6, 6.07) is 12.3. The molecular weight excluding hydrogens is 432 g/mol. The highest BCUT2D eigenvalue weighted by molar-refractivity contribution is 7.98. The number of benzene rings is 2. The van der Waals surface area contributed by atoms with Crippen LogP contribution in [0.2, 0.25) is 0 Å². The monoisotopic (exact) mass is 458 g/mol. The van der Waals surface area contributed by atoms with Gasteiger partial charge in [-0.1, -0.05) is 26.0 Å². The number of carbonyl (C=O) groups is 1. The molecular formula is C22H26N4O3S2. The molecule has 3 aromatic rings. The molecule has 0 aliphatic rings. The Morgan fingerprint density at radius 1 is 1.16 bits per heavy atom. The maximum Gasteiger partial charge on any atom is 0.240 e. The summed E-state index contributed by atoms with van der Waals surface area (Å²) < 4.78 is 30.2. The van der Waals surface area contributed by atoms with Crippen LogP contribution < -0.4 is 10.0 Å². The number of thioether (sulfide) groups is 1. The molecule has 164 valence electrons. The highest BCUT2D eigenvalue weighted by Crippen LogP contribution is 2.28. The van der Waals surface area contributed by atoms with E-state index in [0.717, 1.165) is 22.0 Å². The van der Waals surface area contributed by atoms with Gasteiger partial charge >= 0.3 is 0 Å². The van der Waals surface area contributed by atoms with Gasteiger partial charge in [0.05, 0.1) is 10.6 Å². The maximum absolute atomic E-state index is 12.8. The summed E-state index contributed by atoms with van der Waals surface area (Å²) in [6.45, 7) is 5.65. The van der Waals surface area contributed by atoms with Crippen LogP contribution in [-0.4, -0.2) is 30.1 Å².